The monoisotopic (exact) mass is 248 g/mol. The lowest BCUT2D eigenvalue weighted by Gasteiger charge is -2.06. The third-order valence-electron chi connectivity index (χ3n) is 3.32. The number of aryl methyl sites for hydroxylation is 2. The summed E-state index contributed by atoms with van der Waals surface area (Å²) < 4.78 is 0. The molecule has 0 amide bonds. The SMILES string of the molecule is C=C(/C=C(\C)c1ccc(C)cc1)c1ccc(C)cc1. The molecular formula is C19H20. The summed E-state index contributed by atoms with van der Waals surface area (Å²) in [6, 6.07) is 17.1. The van der Waals surface area contributed by atoms with Crippen molar-refractivity contribution in [1.29, 1.82) is 0 Å². The van der Waals surface area contributed by atoms with Gasteiger partial charge in [-0.15, -0.1) is 0 Å². The zero-order chi connectivity index (χ0) is 13.8. The zero-order valence-electron chi connectivity index (χ0n) is 11.9. The second-order valence-electron chi connectivity index (χ2n) is 5.08. The van der Waals surface area contributed by atoms with E-state index in [1.54, 1.807) is 0 Å². The topological polar surface area (TPSA) is 0 Å². The molecule has 0 aliphatic rings. The van der Waals surface area contributed by atoms with Crippen molar-refractivity contribution in [1.82, 2.24) is 0 Å². The molecule has 0 nitrogen and oxygen atoms in total. The summed E-state index contributed by atoms with van der Waals surface area (Å²) in [4.78, 5) is 0. The van der Waals surface area contributed by atoms with Gasteiger partial charge >= 0.3 is 0 Å². The van der Waals surface area contributed by atoms with Crippen LogP contribution in [-0.2, 0) is 0 Å². The number of hydrogen-bond acceptors (Lipinski definition) is 0. The van der Waals surface area contributed by atoms with E-state index in [-0.39, 0.29) is 0 Å². The van der Waals surface area contributed by atoms with Crippen LogP contribution in [0.2, 0.25) is 0 Å². The predicted molar refractivity (Wildman–Crippen MR) is 85.0 cm³/mol. The van der Waals surface area contributed by atoms with Crippen molar-refractivity contribution in [3.8, 4) is 0 Å². The van der Waals surface area contributed by atoms with Gasteiger partial charge in [0.1, 0.15) is 0 Å². The first-order chi connectivity index (χ1) is 9.06. The van der Waals surface area contributed by atoms with E-state index < -0.39 is 0 Å². The number of rotatable bonds is 3. The van der Waals surface area contributed by atoms with Gasteiger partial charge in [0.25, 0.3) is 0 Å². The summed E-state index contributed by atoms with van der Waals surface area (Å²) in [5.41, 5.74) is 7.28. The Bertz CT molecular complexity index is 595. The third kappa shape index (κ3) is 3.45. The quantitative estimate of drug-likeness (QED) is 0.636. The van der Waals surface area contributed by atoms with Crippen molar-refractivity contribution in [3.05, 3.63) is 83.4 Å². The summed E-state index contributed by atoms with van der Waals surface area (Å²) >= 11 is 0. The summed E-state index contributed by atoms with van der Waals surface area (Å²) in [6.45, 7) is 10.5. The smallest absolute Gasteiger partial charge is 0.0190 e. The van der Waals surface area contributed by atoms with Crippen LogP contribution in [0.25, 0.3) is 11.1 Å². The molecule has 96 valence electrons. The lowest BCUT2D eigenvalue weighted by molar-refractivity contribution is 1.44. The maximum absolute atomic E-state index is 4.16. The maximum atomic E-state index is 4.16. The van der Waals surface area contributed by atoms with E-state index in [0.29, 0.717) is 0 Å². The van der Waals surface area contributed by atoms with Gasteiger partial charge in [-0.3, -0.25) is 0 Å². The van der Waals surface area contributed by atoms with Crippen LogP contribution in [0, 0.1) is 13.8 Å². The van der Waals surface area contributed by atoms with Crippen molar-refractivity contribution in [2.75, 3.05) is 0 Å². The number of allylic oxidation sites excluding steroid dienone is 3. The van der Waals surface area contributed by atoms with E-state index in [4.69, 9.17) is 0 Å². The Kier molecular flexibility index (Phi) is 4.01. The molecule has 19 heavy (non-hydrogen) atoms. The Balaban J connectivity index is 2.22. The van der Waals surface area contributed by atoms with Crippen LogP contribution in [0.1, 0.15) is 29.2 Å². The minimum absolute atomic E-state index is 1.05. The average Bonchev–Trinajstić information content (AvgIpc) is 2.40. The van der Waals surface area contributed by atoms with Crippen LogP contribution >= 0.6 is 0 Å². The largest absolute Gasteiger partial charge is 0.0911 e. The molecule has 2 aromatic rings. The Labute approximate surface area is 116 Å². The number of benzene rings is 2. The van der Waals surface area contributed by atoms with Gasteiger partial charge in [-0.1, -0.05) is 72.3 Å². The molecule has 2 aromatic carbocycles. The van der Waals surface area contributed by atoms with Crippen LogP contribution in [0.4, 0.5) is 0 Å². The molecule has 0 aliphatic carbocycles. The normalized spacial score (nSPS) is 11.4. The van der Waals surface area contributed by atoms with Crippen molar-refractivity contribution < 1.29 is 0 Å². The molecule has 0 saturated carbocycles. The highest BCUT2D eigenvalue weighted by molar-refractivity contribution is 5.82. The van der Waals surface area contributed by atoms with Gasteiger partial charge in [0.05, 0.1) is 0 Å². The van der Waals surface area contributed by atoms with Gasteiger partial charge in [0, 0.05) is 0 Å². The Morgan fingerprint density at radius 3 is 1.68 bits per heavy atom. The molecule has 0 saturated heterocycles. The molecule has 0 radical (unpaired) electrons. The fourth-order valence-corrected chi connectivity index (χ4v) is 2.01. The first-order valence-corrected chi connectivity index (χ1v) is 6.57. The lowest BCUT2D eigenvalue weighted by atomic mass is 10.00. The predicted octanol–water partition coefficient (Wildman–Crippen LogP) is 5.42. The fraction of sp³-hybridized carbons (Fsp3) is 0.158. The Hall–Kier alpha value is -2.08. The van der Waals surface area contributed by atoms with Crippen molar-refractivity contribution in [2.24, 2.45) is 0 Å². The maximum Gasteiger partial charge on any atom is -0.0190 e. The van der Waals surface area contributed by atoms with Crippen LogP contribution in [0.3, 0.4) is 0 Å². The molecule has 0 atom stereocenters. The summed E-state index contributed by atoms with van der Waals surface area (Å²) in [5, 5.41) is 0. The standard InChI is InChI=1S/C19H20/c1-14-5-9-18(10-6-14)16(3)13-17(4)19-11-7-15(2)8-12-19/h5-13H,3H2,1-2,4H3/b17-13+. The van der Waals surface area contributed by atoms with Gasteiger partial charge in [-0.05, 0) is 43.0 Å². The first kappa shape index (κ1) is 13.4. The molecule has 2 rings (SSSR count). The van der Waals surface area contributed by atoms with E-state index in [9.17, 15) is 0 Å². The second-order valence-corrected chi connectivity index (χ2v) is 5.08. The van der Waals surface area contributed by atoms with Crippen LogP contribution in [-0.4, -0.2) is 0 Å². The fourth-order valence-electron chi connectivity index (χ4n) is 2.01. The van der Waals surface area contributed by atoms with Gasteiger partial charge < -0.3 is 0 Å². The van der Waals surface area contributed by atoms with E-state index in [1.165, 1.54) is 27.8 Å². The van der Waals surface area contributed by atoms with Gasteiger partial charge in [-0.25, -0.2) is 0 Å². The molecule has 0 bridgehead atoms. The van der Waals surface area contributed by atoms with Crippen LogP contribution in [0.5, 0.6) is 0 Å². The summed E-state index contributed by atoms with van der Waals surface area (Å²) in [5.74, 6) is 0. The molecule has 0 heteroatoms. The highest BCUT2D eigenvalue weighted by atomic mass is 14.0. The summed E-state index contributed by atoms with van der Waals surface area (Å²) in [7, 11) is 0. The zero-order valence-corrected chi connectivity index (χ0v) is 11.9. The van der Waals surface area contributed by atoms with Crippen molar-refractivity contribution in [3.63, 3.8) is 0 Å². The van der Waals surface area contributed by atoms with E-state index in [1.807, 2.05) is 0 Å². The summed E-state index contributed by atoms with van der Waals surface area (Å²) in [6.07, 6.45) is 2.15. The Morgan fingerprint density at radius 1 is 0.789 bits per heavy atom. The first-order valence-electron chi connectivity index (χ1n) is 6.57. The van der Waals surface area contributed by atoms with E-state index in [2.05, 4.69) is 82.0 Å². The van der Waals surface area contributed by atoms with E-state index >= 15 is 0 Å². The third-order valence-corrected chi connectivity index (χ3v) is 3.32. The molecule has 0 spiro atoms. The Morgan fingerprint density at radius 2 is 1.21 bits per heavy atom. The average molecular weight is 248 g/mol. The van der Waals surface area contributed by atoms with Gasteiger partial charge in [0.15, 0.2) is 0 Å². The minimum atomic E-state index is 1.05. The minimum Gasteiger partial charge on any atom is -0.0911 e. The van der Waals surface area contributed by atoms with Crippen molar-refractivity contribution in [2.45, 2.75) is 20.8 Å². The van der Waals surface area contributed by atoms with Crippen LogP contribution < -0.4 is 0 Å². The second kappa shape index (κ2) is 5.71. The number of hydrogen-bond donors (Lipinski definition) is 0. The molecule has 0 aliphatic heterocycles. The molecule has 0 heterocycles. The molecule has 0 N–H and O–H groups in total. The van der Waals surface area contributed by atoms with Gasteiger partial charge in [0.2, 0.25) is 0 Å². The highest BCUT2D eigenvalue weighted by Gasteiger charge is 1.99. The molecular weight excluding hydrogens is 228 g/mol. The molecule has 0 aromatic heterocycles. The van der Waals surface area contributed by atoms with Crippen molar-refractivity contribution >= 4 is 11.1 Å². The van der Waals surface area contributed by atoms with Crippen LogP contribution in [0.15, 0.2) is 61.2 Å². The molecule has 0 fully saturated rings. The molecule has 0 unspecified atom stereocenters. The highest BCUT2D eigenvalue weighted by Crippen LogP contribution is 2.21. The van der Waals surface area contributed by atoms with Gasteiger partial charge in [-0.2, -0.15) is 0 Å². The van der Waals surface area contributed by atoms with E-state index in [0.717, 1.165) is 5.57 Å². The lowest BCUT2D eigenvalue weighted by Crippen LogP contribution is -1.84.